The molecule has 0 aliphatic heterocycles. The van der Waals surface area contributed by atoms with Gasteiger partial charge in [0.2, 0.25) is 0 Å². The summed E-state index contributed by atoms with van der Waals surface area (Å²) in [6, 6.07) is 0. The third-order valence-electron chi connectivity index (χ3n) is 1.48. The van der Waals surface area contributed by atoms with E-state index >= 15 is 0 Å². The Morgan fingerprint density at radius 2 is 2.18 bits per heavy atom. The van der Waals surface area contributed by atoms with Crippen molar-refractivity contribution in [3.63, 3.8) is 0 Å². The molecule has 0 saturated heterocycles. The Kier molecular flexibility index (Phi) is 7.76. The zero-order valence-electron chi connectivity index (χ0n) is 7.03. The zero-order chi connectivity index (χ0) is 8.53. The lowest BCUT2D eigenvalue weighted by molar-refractivity contribution is 0.275. The highest BCUT2D eigenvalue weighted by Gasteiger charge is 1.93. The number of halogens is 1. The predicted octanol–water partition coefficient (Wildman–Crippen LogP) is 3.26. The SMILES string of the molecule is C=C=C(CCCCCBr)OC. The second-order valence-electron chi connectivity index (χ2n) is 2.30. The first-order valence-electron chi connectivity index (χ1n) is 3.84. The van der Waals surface area contributed by atoms with Gasteiger partial charge in [0.1, 0.15) is 5.76 Å². The molecule has 0 N–H and O–H groups in total. The van der Waals surface area contributed by atoms with Crippen LogP contribution in [-0.2, 0) is 4.74 Å². The number of methoxy groups -OCH3 is 1. The lowest BCUT2D eigenvalue weighted by atomic mass is 10.2. The highest BCUT2D eigenvalue weighted by Crippen LogP contribution is 2.08. The smallest absolute Gasteiger partial charge is 0.137 e. The molecule has 64 valence electrons. The Hall–Kier alpha value is -0.200. The number of rotatable bonds is 6. The Bertz CT molecular complexity index is 136. The second kappa shape index (κ2) is 7.90. The van der Waals surface area contributed by atoms with E-state index in [1.807, 2.05) is 0 Å². The number of hydrogen-bond acceptors (Lipinski definition) is 1. The number of alkyl halides is 1. The van der Waals surface area contributed by atoms with Gasteiger partial charge in [0, 0.05) is 11.8 Å². The Morgan fingerprint density at radius 1 is 1.45 bits per heavy atom. The molecule has 0 unspecified atom stereocenters. The number of allylic oxidation sites excluding steroid dienone is 1. The van der Waals surface area contributed by atoms with Crippen molar-refractivity contribution in [2.75, 3.05) is 12.4 Å². The van der Waals surface area contributed by atoms with E-state index in [0.717, 1.165) is 23.9 Å². The zero-order valence-corrected chi connectivity index (χ0v) is 8.61. The summed E-state index contributed by atoms with van der Waals surface area (Å²) in [7, 11) is 1.66. The van der Waals surface area contributed by atoms with Gasteiger partial charge in [0.15, 0.2) is 0 Å². The monoisotopic (exact) mass is 218 g/mol. The van der Waals surface area contributed by atoms with Gasteiger partial charge in [-0.25, -0.2) is 0 Å². The summed E-state index contributed by atoms with van der Waals surface area (Å²) in [5, 5.41) is 1.09. The Balaban J connectivity index is 3.30. The molecule has 0 aliphatic carbocycles. The first kappa shape index (κ1) is 10.8. The molecule has 0 aromatic rings. The fourth-order valence-electron chi connectivity index (χ4n) is 0.819. The number of hydrogen-bond donors (Lipinski definition) is 0. The fraction of sp³-hybridized carbons (Fsp3) is 0.667. The molecule has 0 aromatic heterocycles. The third kappa shape index (κ3) is 6.21. The molecule has 0 aromatic carbocycles. The van der Waals surface area contributed by atoms with Crippen molar-refractivity contribution in [3.05, 3.63) is 18.1 Å². The molecule has 1 nitrogen and oxygen atoms in total. The van der Waals surface area contributed by atoms with E-state index in [2.05, 4.69) is 28.2 Å². The molecule has 0 saturated carbocycles. The van der Waals surface area contributed by atoms with Gasteiger partial charge in [-0.2, -0.15) is 0 Å². The molecule has 0 amide bonds. The van der Waals surface area contributed by atoms with E-state index in [4.69, 9.17) is 4.74 Å². The first-order chi connectivity index (χ1) is 5.35. The van der Waals surface area contributed by atoms with Crippen LogP contribution in [0.25, 0.3) is 0 Å². The summed E-state index contributed by atoms with van der Waals surface area (Å²) in [5.41, 5.74) is 2.76. The van der Waals surface area contributed by atoms with E-state index in [0.29, 0.717) is 0 Å². The van der Waals surface area contributed by atoms with Crippen molar-refractivity contribution in [1.82, 2.24) is 0 Å². The van der Waals surface area contributed by atoms with Crippen molar-refractivity contribution in [1.29, 1.82) is 0 Å². The van der Waals surface area contributed by atoms with Crippen LogP contribution in [-0.4, -0.2) is 12.4 Å². The van der Waals surface area contributed by atoms with Crippen LogP contribution in [0.5, 0.6) is 0 Å². The van der Waals surface area contributed by atoms with Crippen LogP contribution < -0.4 is 0 Å². The van der Waals surface area contributed by atoms with Gasteiger partial charge < -0.3 is 4.74 Å². The maximum atomic E-state index is 5.01. The molecule has 2 heteroatoms. The summed E-state index contributed by atoms with van der Waals surface area (Å²) in [6.45, 7) is 3.53. The van der Waals surface area contributed by atoms with Crippen molar-refractivity contribution >= 4 is 15.9 Å². The predicted molar refractivity (Wildman–Crippen MR) is 51.9 cm³/mol. The maximum Gasteiger partial charge on any atom is 0.137 e. The average Bonchev–Trinajstić information content (AvgIpc) is 2.05. The largest absolute Gasteiger partial charge is 0.493 e. The molecule has 0 rings (SSSR count). The molecule has 0 aliphatic rings. The molecule has 0 fully saturated rings. The van der Waals surface area contributed by atoms with Crippen LogP contribution in [0, 0.1) is 0 Å². The topological polar surface area (TPSA) is 9.23 Å². The minimum atomic E-state index is 0.875. The van der Waals surface area contributed by atoms with Crippen LogP contribution in [0.15, 0.2) is 18.1 Å². The summed E-state index contributed by atoms with van der Waals surface area (Å²) in [4.78, 5) is 0. The van der Waals surface area contributed by atoms with Gasteiger partial charge in [0.05, 0.1) is 7.11 Å². The standard InChI is InChI=1S/C9H15BrO/c1-3-9(11-2)7-5-4-6-8-10/h1,4-8H2,2H3. The van der Waals surface area contributed by atoms with Gasteiger partial charge >= 0.3 is 0 Å². The lowest BCUT2D eigenvalue weighted by Crippen LogP contribution is -1.86. The Labute approximate surface area is 77.3 Å². The molecule has 0 spiro atoms. The van der Waals surface area contributed by atoms with Gasteiger partial charge in [-0.15, -0.1) is 0 Å². The fourth-order valence-corrected chi connectivity index (χ4v) is 1.22. The van der Waals surface area contributed by atoms with Crippen molar-refractivity contribution < 1.29 is 4.74 Å². The second-order valence-corrected chi connectivity index (χ2v) is 3.10. The highest BCUT2D eigenvalue weighted by molar-refractivity contribution is 9.09. The molecule has 0 atom stereocenters. The molecule has 11 heavy (non-hydrogen) atoms. The van der Waals surface area contributed by atoms with Crippen molar-refractivity contribution in [2.45, 2.75) is 25.7 Å². The number of unbranched alkanes of at least 4 members (excludes halogenated alkanes) is 2. The Morgan fingerprint density at radius 3 is 2.64 bits per heavy atom. The summed E-state index contributed by atoms with van der Waals surface area (Å²) >= 11 is 3.38. The van der Waals surface area contributed by atoms with Crippen LogP contribution in [0.1, 0.15) is 25.7 Å². The lowest BCUT2D eigenvalue weighted by Gasteiger charge is -2.01. The van der Waals surface area contributed by atoms with Crippen LogP contribution in [0.4, 0.5) is 0 Å². The van der Waals surface area contributed by atoms with Crippen LogP contribution >= 0.6 is 15.9 Å². The third-order valence-corrected chi connectivity index (χ3v) is 2.04. The number of ether oxygens (including phenoxy) is 1. The van der Waals surface area contributed by atoms with E-state index in [1.54, 1.807) is 7.11 Å². The van der Waals surface area contributed by atoms with Gasteiger partial charge in [-0.1, -0.05) is 34.7 Å². The summed E-state index contributed by atoms with van der Waals surface area (Å²) in [6.07, 6.45) is 4.60. The van der Waals surface area contributed by atoms with Gasteiger partial charge in [-0.05, 0) is 12.8 Å². The minimum absolute atomic E-state index is 0.875. The van der Waals surface area contributed by atoms with Gasteiger partial charge in [-0.3, -0.25) is 0 Å². The molecular weight excluding hydrogens is 204 g/mol. The molecular formula is C9H15BrO. The van der Waals surface area contributed by atoms with E-state index in [1.165, 1.54) is 12.8 Å². The molecule has 0 bridgehead atoms. The normalized spacial score (nSPS) is 8.91. The van der Waals surface area contributed by atoms with Crippen molar-refractivity contribution in [3.8, 4) is 0 Å². The summed E-state index contributed by atoms with van der Waals surface area (Å²) in [5.74, 6) is 0.875. The van der Waals surface area contributed by atoms with Crippen LogP contribution in [0.2, 0.25) is 0 Å². The quantitative estimate of drug-likeness (QED) is 0.288. The molecule has 0 radical (unpaired) electrons. The molecule has 0 heterocycles. The first-order valence-corrected chi connectivity index (χ1v) is 4.96. The highest BCUT2D eigenvalue weighted by atomic mass is 79.9. The van der Waals surface area contributed by atoms with Crippen molar-refractivity contribution in [2.24, 2.45) is 0 Å². The maximum absolute atomic E-state index is 5.01. The van der Waals surface area contributed by atoms with Crippen LogP contribution in [0.3, 0.4) is 0 Å². The van der Waals surface area contributed by atoms with E-state index in [-0.39, 0.29) is 0 Å². The minimum Gasteiger partial charge on any atom is -0.493 e. The average molecular weight is 219 g/mol. The van der Waals surface area contributed by atoms with E-state index < -0.39 is 0 Å². The van der Waals surface area contributed by atoms with E-state index in [9.17, 15) is 0 Å². The van der Waals surface area contributed by atoms with Gasteiger partial charge in [0.25, 0.3) is 0 Å². The summed E-state index contributed by atoms with van der Waals surface area (Å²) < 4.78 is 5.01.